The number of rotatable bonds is 5. The number of benzene rings is 1. The van der Waals surface area contributed by atoms with Crippen LogP contribution in [-0.4, -0.2) is 48.4 Å². The topological polar surface area (TPSA) is 23.6 Å². The molecule has 1 amide bonds. The third-order valence-electron chi connectivity index (χ3n) is 5.22. The molecule has 0 spiro atoms. The van der Waals surface area contributed by atoms with Crippen molar-refractivity contribution >= 4 is 5.91 Å². The zero-order chi connectivity index (χ0) is 16.1. The van der Waals surface area contributed by atoms with Gasteiger partial charge < -0.3 is 9.80 Å². The van der Waals surface area contributed by atoms with Gasteiger partial charge in [0.2, 0.25) is 5.91 Å². The average molecular weight is 312 g/mol. The van der Waals surface area contributed by atoms with Crippen LogP contribution in [0.5, 0.6) is 0 Å². The first kappa shape index (κ1) is 16.3. The summed E-state index contributed by atoms with van der Waals surface area (Å²) >= 11 is 0. The van der Waals surface area contributed by atoms with Crippen LogP contribution >= 0.6 is 0 Å². The monoisotopic (exact) mass is 312 g/mol. The first-order valence-electron chi connectivity index (χ1n) is 8.96. The Bertz CT molecular complexity index is 552. The van der Waals surface area contributed by atoms with Gasteiger partial charge in [-0.05, 0) is 50.6 Å². The van der Waals surface area contributed by atoms with Gasteiger partial charge in [-0.1, -0.05) is 36.4 Å². The molecule has 0 unspecified atom stereocenters. The lowest BCUT2D eigenvalue weighted by molar-refractivity contribution is -0.129. The van der Waals surface area contributed by atoms with E-state index in [4.69, 9.17) is 0 Å². The summed E-state index contributed by atoms with van der Waals surface area (Å²) in [6, 6.07) is 11.0. The second-order valence-corrected chi connectivity index (χ2v) is 6.87. The minimum absolute atomic E-state index is 0.261. The van der Waals surface area contributed by atoms with Crippen LogP contribution in [0.1, 0.15) is 37.7 Å². The van der Waals surface area contributed by atoms with Gasteiger partial charge >= 0.3 is 0 Å². The first-order valence-corrected chi connectivity index (χ1v) is 8.96. The summed E-state index contributed by atoms with van der Waals surface area (Å²) in [7, 11) is 1.99. The molecule has 1 heterocycles. The van der Waals surface area contributed by atoms with Crippen molar-refractivity contribution in [3.63, 3.8) is 0 Å². The number of allylic oxidation sites excluding steroid dienone is 1. The summed E-state index contributed by atoms with van der Waals surface area (Å²) in [4.78, 5) is 17.1. The summed E-state index contributed by atoms with van der Waals surface area (Å²) in [5.41, 5.74) is 2.43. The van der Waals surface area contributed by atoms with Gasteiger partial charge in [-0.3, -0.25) is 4.79 Å². The van der Waals surface area contributed by atoms with Crippen molar-refractivity contribution in [1.82, 2.24) is 9.80 Å². The fourth-order valence-electron chi connectivity index (χ4n) is 3.74. The molecular weight excluding hydrogens is 284 g/mol. The molecule has 3 nitrogen and oxygen atoms in total. The van der Waals surface area contributed by atoms with Gasteiger partial charge in [-0.15, -0.1) is 0 Å². The second-order valence-electron chi connectivity index (χ2n) is 6.87. The van der Waals surface area contributed by atoms with Crippen LogP contribution in [0, 0.1) is 0 Å². The van der Waals surface area contributed by atoms with Crippen LogP contribution < -0.4 is 0 Å². The maximum atomic E-state index is 12.6. The van der Waals surface area contributed by atoms with Crippen molar-refractivity contribution < 1.29 is 4.79 Å². The molecule has 0 N–H and O–H groups in total. The van der Waals surface area contributed by atoms with Crippen molar-refractivity contribution in [2.24, 2.45) is 0 Å². The van der Waals surface area contributed by atoms with Crippen LogP contribution in [0.2, 0.25) is 0 Å². The van der Waals surface area contributed by atoms with Crippen LogP contribution in [0.3, 0.4) is 0 Å². The van der Waals surface area contributed by atoms with E-state index in [0.717, 1.165) is 57.3 Å². The number of nitrogens with zero attached hydrogens (tertiary/aromatic N) is 2. The predicted molar refractivity (Wildman–Crippen MR) is 94.3 cm³/mol. The number of hydrogen-bond donors (Lipinski definition) is 0. The number of amides is 1. The quantitative estimate of drug-likeness (QED) is 0.833. The van der Waals surface area contributed by atoms with Crippen molar-refractivity contribution in [2.75, 3.05) is 26.7 Å². The first-order chi connectivity index (χ1) is 11.2. The van der Waals surface area contributed by atoms with Gasteiger partial charge in [0.1, 0.15) is 0 Å². The molecule has 0 saturated carbocycles. The van der Waals surface area contributed by atoms with Crippen LogP contribution in [0.15, 0.2) is 42.0 Å². The van der Waals surface area contributed by atoms with E-state index in [1.807, 2.05) is 11.9 Å². The van der Waals surface area contributed by atoms with Gasteiger partial charge in [0, 0.05) is 31.8 Å². The molecule has 0 aromatic heterocycles. The Balaban J connectivity index is 1.52. The fraction of sp³-hybridized carbons (Fsp3) is 0.550. The van der Waals surface area contributed by atoms with Crippen molar-refractivity contribution in [3.05, 3.63) is 47.5 Å². The number of likely N-dealkylation sites (N-methyl/N-ethyl adjacent to an activating group) is 1. The van der Waals surface area contributed by atoms with Crippen molar-refractivity contribution in [1.29, 1.82) is 0 Å². The SMILES string of the molecule is CN(C(=O)C1=CCCC1)[C@@H]1CCCN(CCc2ccccc2)C1. The Labute approximate surface area is 140 Å². The highest BCUT2D eigenvalue weighted by Gasteiger charge is 2.27. The molecule has 1 aromatic rings. The molecule has 1 aliphatic heterocycles. The average Bonchev–Trinajstić information content (AvgIpc) is 3.14. The molecule has 1 aromatic carbocycles. The zero-order valence-corrected chi connectivity index (χ0v) is 14.2. The maximum Gasteiger partial charge on any atom is 0.249 e. The maximum absolute atomic E-state index is 12.6. The lowest BCUT2D eigenvalue weighted by Gasteiger charge is -2.38. The highest BCUT2D eigenvalue weighted by molar-refractivity contribution is 5.93. The van der Waals surface area contributed by atoms with E-state index in [0.29, 0.717) is 6.04 Å². The molecule has 1 atom stereocenters. The lowest BCUT2D eigenvalue weighted by Crippen LogP contribution is -2.49. The molecule has 0 radical (unpaired) electrons. The van der Waals surface area contributed by atoms with Gasteiger partial charge in [-0.25, -0.2) is 0 Å². The molecular formula is C20H28N2O. The standard InChI is InChI=1S/C20H28N2O/c1-21(20(23)18-10-5-6-11-18)19-12-7-14-22(16-19)15-13-17-8-3-2-4-9-17/h2-4,8-10,19H,5-7,11-16H2,1H3/t19-/m1/s1. The highest BCUT2D eigenvalue weighted by atomic mass is 16.2. The van der Waals surface area contributed by atoms with E-state index in [1.54, 1.807) is 0 Å². The third kappa shape index (κ3) is 4.23. The van der Waals surface area contributed by atoms with E-state index >= 15 is 0 Å². The highest BCUT2D eigenvalue weighted by Crippen LogP contribution is 2.22. The number of carbonyl (C=O) groups excluding carboxylic acids is 1. The number of likely N-dealkylation sites (tertiary alicyclic amines) is 1. The van der Waals surface area contributed by atoms with Crippen molar-refractivity contribution in [2.45, 2.75) is 44.6 Å². The minimum Gasteiger partial charge on any atom is -0.338 e. The van der Waals surface area contributed by atoms with E-state index in [2.05, 4.69) is 41.3 Å². The third-order valence-corrected chi connectivity index (χ3v) is 5.22. The largest absolute Gasteiger partial charge is 0.338 e. The predicted octanol–water partition coefficient (Wildman–Crippen LogP) is 3.26. The Morgan fingerprint density at radius 2 is 2.09 bits per heavy atom. The molecule has 23 heavy (non-hydrogen) atoms. The van der Waals surface area contributed by atoms with Gasteiger partial charge in [0.15, 0.2) is 0 Å². The van der Waals surface area contributed by atoms with E-state index in [1.165, 1.54) is 12.0 Å². The fourth-order valence-corrected chi connectivity index (χ4v) is 3.74. The molecule has 1 aliphatic carbocycles. The lowest BCUT2D eigenvalue weighted by atomic mass is 10.0. The minimum atomic E-state index is 0.261. The molecule has 0 bridgehead atoms. The summed E-state index contributed by atoms with van der Waals surface area (Å²) in [6.45, 7) is 3.27. The smallest absolute Gasteiger partial charge is 0.249 e. The van der Waals surface area contributed by atoms with Gasteiger partial charge in [0.25, 0.3) is 0 Å². The molecule has 2 aliphatic rings. The van der Waals surface area contributed by atoms with Gasteiger partial charge in [-0.2, -0.15) is 0 Å². The zero-order valence-electron chi connectivity index (χ0n) is 14.2. The van der Waals surface area contributed by atoms with Crippen LogP contribution in [0.4, 0.5) is 0 Å². The Hall–Kier alpha value is -1.61. The van der Waals surface area contributed by atoms with E-state index < -0.39 is 0 Å². The molecule has 1 saturated heterocycles. The summed E-state index contributed by atoms with van der Waals surface area (Å²) < 4.78 is 0. The summed E-state index contributed by atoms with van der Waals surface area (Å²) in [6.07, 6.45) is 8.73. The summed E-state index contributed by atoms with van der Waals surface area (Å²) in [5.74, 6) is 0.261. The normalized spacial score (nSPS) is 22.0. The second kappa shape index (κ2) is 7.78. The Morgan fingerprint density at radius 3 is 2.83 bits per heavy atom. The van der Waals surface area contributed by atoms with Gasteiger partial charge in [0.05, 0.1) is 0 Å². The Kier molecular flexibility index (Phi) is 5.50. The molecule has 1 fully saturated rings. The molecule has 124 valence electrons. The van der Waals surface area contributed by atoms with Crippen LogP contribution in [0.25, 0.3) is 0 Å². The van der Waals surface area contributed by atoms with E-state index in [9.17, 15) is 4.79 Å². The van der Waals surface area contributed by atoms with Crippen molar-refractivity contribution in [3.8, 4) is 0 Å². The number of hydrogen-bond acceptors (Lipinski definition) is 2. The van der Waals surface area contributed by atoms with Crippen LogP contribution in [-0.2, 0) is 11.2 Å². The number of piperidine rings is 1. The summed E-state index contributed by atoms with van der Waals surface area (Å²) in [5, 5.41) is 0. The molecule has 3 rings (SSSR count). The van der Waals surface area contributed by atoms with E-state index in [-0.39, 0.29) is 5.91 Å². The molecule has 3 heteroatoms. The Morgan fingerprint density at radius 1 is 1.26 bits per heavy atom. The number of carbonyl (C=O) groups is 1.